The van der Waals surface area contributed by atoms with Gasteiger partial charge in [0.1, 0.15) is 16.7 Å². The summed E-state index contributed by atoms with van der Waals surface area (Å²) in [5, 5.41) is 0.499. The molecule has 0 amide bonds. The Morgan fingerprint density at radius 3 is 2.48 bits per heavy atom. The molecule has 0 spiro atoms. The summed E-state index contributed by atoms with van der Waals surface area (Å²) in [6.07, 6.45) is -0.236. The Kier molecular flexibility index (Phi) is 5.23. The molecule has 0 saturated carbocycles. The van der Waals surface area contributed by atoms with Crippen LogP contribution in [-0.4, -0.2) is 28.4 Å². The fourth-order valence-corrected chi connectivity index (χ4v) is 4.18. The Balaban J connectivity index is 2.23. The fraction of sp³-hybridized carbons (Fsp3) is 0.300. The van der Waals surface area contributed by atoms with Gasteiger partial charge in [0.2, 0.25) is 0 Å². The number of aryl methyl sites for hydroxylation is 3. The van der Waals surface area contributed by atoms with Crippen molar-refractivity contribution in [1.29, 1.82) is 0 Å². The highest BCUT2D eigenvalue weighted by Crippen LogP contribution is 2.28. The SMILES string of the molecule is COC(=O)CC(C(=O)c1ccccc1)n1c(C)nc2sc(C)c(C)c2c1=O. The summed E-state index contributed by atoms with van der Waals surface area (Å²) in [7, 11) is 1.26. The number of ketones is 1. The van der Waals surface area contributed by atoms with E-state index in [1.165, 1.54) is 23.0 Å². The van der Waals surface area contributed by atoms with E-state index < -0.39 is 12.0 Å². The largest absolute Gasteiger partial charge is 0.469 e. The van der Waals surface area contributed by atoms with Crippen molar-refractivity contribution in [2.75, 3.05) is 7.11 Å². The van der Waals surface area contributed by atoms with Gasteiger partial charge in [0, 0.05) is 10.4 Å². The Labute approximate surface area is 160 Å². The maximum atomic E-state index is 13.3. The zero-order chi connectivity index (χ0) is 19.7. The van der Waals surface area contributed by atoms with Crippen LogP contribution in [0.2, 0.25) is 0 Å². The van der Waals surface area contributed by atoms with Crippen molar-refractivity contribution in [1.82, 2.24) is 9.55 Å². The molecule has 2 heterocycles. The van der Waals surface area contributed by atoms with Crippen LogP contribution in [0, 0.1) is 20.8 Å². The first-order chi connectivity index (χ1) is 12.8. The van der Waals surface area contributed by atoms with E-state index in [1.54, 1.807) is 37.3 Å². The first-order valence-electron chi connectivity index (χ1n) is 8.50. The van der Waals surface area contributed by atoms with Crippen LogP contribution < -0.4 is 5.56 Å². The van der Waals surface area contributed by atoms with E-state index in [0.717, 1.165) is 10.4 Å². The molecule has 1 aromatic carbocycles. The van der Waals surface area contributed by atoms with Crippen molar-refractivity contribution in [3.05, 3.63) is 62.5 Å². The number of fused-ring (bicyclic) bond motifs is 1. The van der Waals surface area contributed by atoms with E-state index >= 15 is 0 Å². The normalized spacial score (nSPS) is 12.1. The highest BCUT2D eigenvalue weighted by atomic mass is 32.1. The number of carbonyl (C=O) groups is 2. The van der Waals surface area contributed by atoms with Gasteiger partial charge < -0.3 is 4.74 Å². The van der Waals surface area contributed by atoms with Crippen molar-refractivity contribution >= 4 is 33.3 Å². The van der Waals surface area contributed by atoms with E-state index in [2.05, 4.69) is 4.98 Å². The summed E-state index contributed by atoms with van der Waals surface area (Å²) < 4.78 is 6.09. The molecule has 3 aromatic rings. The monoisotopic (exact) mass is 384 g/mol. The zero-order valence-electron chi connectivity index (χ0n) is 15.6. The first-order valence-corrected chi connectivity index (χ1v) is 9.31. The third-order valence-electron chi connectivity index (χ3n) is 4.67. The van der Waals surface area contributed by atoms with E-state index in [4.69, 9.17) is 4.74 Å². The molecule has 0 bridgehead atoms. The van der Waals surface area contributed by atoms with Crippen LogP contribution >= 0.6 is 11.3 Å². The maximum Gasteiger partial charge on any atom is 0.308 e. The molecule has 1 unspecified atom stereocenters. The van der Waals surface area contributed by atoms with E-state index in [1.807, 2.05) is 13.8 Å². The molecule has 2 aromatic heterocycles. The van der Waals surface area contributed by atoms with Gasteiger partial charge in [0.25, 0.3) is 5.56 Å². The number of ether oxygens (including phenoxy) is 1. The van der Waals surface area contributed by atoms with Crippen LogP contribution in [-0.2, 0) is 9.53 Å². The maximum absolute atomic E-state index is 13.3. The number of thiophene rings is 1. The summed E-state index contributed by atoms with van der Waals surface area (Å²) in [6.45, 7) is 5.47. The molecular formula is C20H20N2O4S. The lowest BCUT2D eigenvalue weighted by atomic mass is 10.0. The number of Topliss-reactive ketones (excluding diaryl/α,β-unsaturated/α-hetero) is 1. The number of carbonyl (C=O) groups excluding carboxylic acids is 2. The molecule has 0 N–H and O–H groups in total. The van der Waals surface area contributed by atoms with Gasteiger partial charge in [0.15, 0.2) is 5.78 Å². The average molecular weight is 384 g/mol. The quantitative estimate of drug-likeness (QED) is 0.498. The van der Waals surface area contributed by atoms with Crippen LogP contribution in [0.1, 0.15) is 39.1 Å². The van der Waals surface area contributed by atoms with Crippen molar-refractivity contribution in [3.63, 3.8) is 0 Å². The summed E-state index contributed by atoms with van der Waals surface area (Å²) in [5.74, 6) is -0.488. The Morgan fingerprint density at radius 1 is 1.19 bits per heavy atom. The number of aromatic nitrogens is 2. The van der Waals surface area contributed by atoms with Gasteiger partial charge in [-0.1, -0.05) is 30.3 Å². The number of benzene rings is 1. The molecule has 140 valence electrons. The Morgan fingerprint density at radius 2 is 1.85 bits per heavy atom. The molecule has 0 aliphatic rings. The van der Waals surface area contributed by atoms with Gasteiger partial charge in [-0.2, -0.15) is 0 Å². The minimum atomic E-state index is -1.01. The molecule has 0 radical (unpaired) electrons. The number of hydrogen-bond donors (Lipinski definition) is 0. The summed E-state index contributed by atoms with van der Waals surface area (Å²) in [5.41, 5.74) is 0.971. The summed E-state index contributed by atoms with van der Waals surface area (Å²) in [6, 6.07) is 7.61. The predicted molar refractivity (Wildman–Crippen MR) is 105 cm³/mol. The van der Waals surface area contributed by atoms with E-state index in [-0.39, 0.29) is 17.8 Å². The number of nitrogens with zero attached hydrogens (tertiary/aromatic N) is 2. The first kappa shape index (κ1) is 19.0. The Bertz CT molecular complexity index is 1080. The molecule has 27 heavy (non-hydrogen) atoms. The van der Waals surface area contributed by atoms with Crippen LogP contribution in [0.4, 0.5) is 0 Å². The van der Waals surface area contributed by atoms with Gasteiger partial charge in [-0.3, -0.25) is 19.0 Å². The van der Waals surface area contributed by atoms with Crippen LogP contribution in [0.25, 0.3) is 10.2 Å². The molecule has 3 rings (SSSR count). The van der Waals surface area contributed by atoms with Crippen molar-refractivity contribution in [2.45, 2.75) is 33.2 Å². The Hall–Kier alpha value is -2.80. The van der Waals surface area contributed by atoms with Crippen molar-refractivity contribution < 1.29 is 14.3 Å². The molecule has 0 fully saturated rings. The fourth-order valence-electron chi connectivity index (χ4n) is 3.11. The van der Waals surface area contributed by atoms with Gasteiger partial charge >= 0.3 is 5.97 Å². The van der Waals surface area contributed by atoms with Gasteiger partial charge in [-0.15, -0.1) is 11.3 Å². The van der Waals surface area contributed by atoms with E-state index in [9.17, 15) is 14.4 Å². The molecular weight excluding hydrogens is 364 g/mol. The lowest BCUT2D eigenvalue weighted by Gasteiger charge is -2.20. The number of methoxy groups -OCH3 is 1. The summed E-state index contributed by atoms with van der Waals surface area (Å²) in [4.78, 5) is 44.5. The number of esters is 1. The second kappa shape index (κ2) is 7.44. The number of rotatable bonds is 5. The summed E-state index contributed by atoms with van der Waals surface area (Å²) >= 11 is 1.45. The predicted octanol–water partition coefficient (Wildman–Crippen LogP) is 3.37. The topological polar surface area (TPSA) is 78.3 Å². The minimum Gasteiger partial charge on any atom is -0.469 e. The molecule has 7 heteroatoms. The molecule has 1 atom stereocenters. The third-order valence-corrected chi connectivity index (χ3v) is 5.77. The molecule has 0 aliphatic carbocycles. The van der Waals surface area contributed by atoms with Crippen LogP contribution in [0.3, 0.4) is 0 Å². The van der Waals surface area contributed by atoms with E-state index in [0.29, 0.717) is 21.6 Å². The van der Waals surface area contributed by atoms with Gasteiger partial charge in [-0.25, -0.2) is 4.98 Å². The number of hydrogen-bond acceptors (Lipinski definition) is 6. The highest BCUT2D eigenvalue weighted by molar-refractivity contribution is 7.18. The van der Waals surface area contributed by atoms with Crippen LogP contribution in [0.5, 0.6) is 0 Å². The second-order valence-electron chi connectivity index (χ2n) is 6.32. The zero-order valence-corrected chi connectivity index (χ0v) is 16.4. The lowest BCUT2D eigenvalue weighted by Crippen LogP contribution is -2.34. The molecule has 0 aliphatic heterocycles. The molecule has 0 saturated heterocycles. The van der Waals surface area contributed by atoms with Crippen molar-refractivity contribution in [3.8, 4) is 0 Å². The van der Waals surface area contributed by atoms with Crippen molar-refractivity contribution in [2.24, 2.45) is 0 Å². The highest BCUT2D eigenvalue weighted by Gasteiger charge is 2.29. The van der Waals surface area contributed by atoms with Gasteiger partial charge in [-0.05, 0) is 26.3 Å². The lowest BCUT2D eigenvalue weighted by molar-refractivity contribution is -0.141. The van der Waals surface area contributed by atoms with Gasteiger partial charge in [0.05, 0.1) is 18.9 Å². The smallest absolute Gasteiger partial charge is 0.308 e. The van der Waals surface area contributed by atoms with Crippen LogP contribution in [0.15, 0.2) is 35.1 Å². The second-order valence-corrected chi connectivity index (χ2v) is 7.53. The standard InChI is InChI=1S/C20H20N2O4S/c1-11-12(2)27-19-17(11)20(25)22(13(3)21-19)15(10-16(23)26-4)18(24)14-8-6-5-7-9-14/h5-9,15H,10H2,1-4H3. The average Bonchev–Trinajstić information content (AvgIpc) is 2.94. The third kappa shape index (κ3) is 3.42. The molecule has 6 nitrogen and oxygen atoms in total. The minimum absolute atomic E-state index is 0.236.